The minimum atomic E-state index is 1.19. The van der Waals surface area contributed by atoms with Gasteiger partial charge in [0.15, 0.2) is 0 Å². The van der Waals surface area contributed by atoms with Gasteiger partial charge in [0.2, 0.25) is 0 Å². The summed E-state index contributed by atoms with van der Waals surface area (Å²) < 4.78 is 0. The fourth-order valence-electron chi connectivity index (χ4n) is 12.0. The third kappa shape index (κ3) is 7.07. The molecule has 0 fully saturated rings. The standard InChI is InChI=1S/C74H46/c1-7-19-53-37-59(31-25-47(53)13-1)65-43-69-70-44-66(60-32-26-48-14-2-8-20-54(48)38-60)68(62-34-28-50-16-4-10-22-56(50)40-62)46-72(70)74(64-36-30-52-18-6-12-24-58(52)42-64)73(63-35-29-51-17-5-11-23-57(51)41-63)71(69)45-67(65)61-33-27-49-15-3-9-21-55(49)39-61/h1-46H. The zero-order valence-electron chi connectivity index (χ0n) is 40.6. The molecule has 15 aromatic carbocycles. The second kappa shape index (κ2) is 17.0. The maximum atomic E-state index is 2.53. The first-order chi connectivity index (χ1) is 36.6. The molecule has 0 radical (unpaired) electrons. The lowest BCUT2D eigenvalue weighted by atomic mass is 9.79. The molecule has 0 atom stereocenters. The van der Waals surface area contributed by atoms with E-state index in [1.807, 2.05) is 0 Å². The average Bonchev–Trinajstić information content (AvgIpc) is 3.52. The summed E-state index contributed by atoms with van der Waals surface area (Å²) in [5.74, 6) is 0. The largest absolute Gasteiger partial charge is 0.0616 e. The van der Waals surface area contributed by atoms with Crippen molar-refractivity contribution in [3.8, 4) is 66.8 Å². The monoisotopic (exact) mass is 934 g/mol. The normalized spacial score (nSPS) is 11.8. The highest BCUT2D eigenvalue weighted by Crippen LogP contribution is 2.51. The Morgan fingerprint density at radius 3 is 0.568 bits per heavy atom. The van der Waals surface area contributed by atoms with Gasteiger partial charge in [-0.05, 0) is 214 Å². The first-order valence-corrected chi connectivity index (χ1v) is 25.7. The number of hydrogen-bond donors (Lipinski definition) is 0. The Bertz CT molecular complexity index is 4480. The van der Waals surface area contributed by atoms with Crippen molar-refractivity contribution < 1.29 is 0 Å². The number of benzene rings is 15. The quantitative estimate of drug-likeness (QED) is 0.146. The van der Waals surface area contributed by atoms with Crippen LogP contribution in [0.2, 0.25) is 0 Å². The summed E-state index contributed by atoms with van der Waals surface area (Å²) in [6, 6.07) is 105. The molecule has 0 aliphatic carbocycles. The van der Waals surface area contributed by atoms with Crippen molar-refractivity contribution >= 4 is 86.2 Å². The maximum absolute atomic E-state index is 2.53. The van der Waals surface area contributed by atoms with Gasteiger partial charge in [0.1, 0.15) is 0 Å². The maximum Gasteiger partial charge on any atom is -0.00199 e. The smallest absolute Gasteiger partial charge is 0.00199 e. The number of fused-ring (bicyclic) bond motifs is 9. The lowest BCUT2D eigenvalue weighted by Gasteiger charge is -2.24. The van der Waals surface area contributed by atoms with Crippen molar-refractivity contribution in [2.24, 2.45) is 0 Å². The third-order valence-corrected chi connectivity index (χ3v) is 15.7. The minimum absolute atomic E-state index is 1.19. The van der Waals surface area contributed by atoms with Crippen LogP contribution in [-0.2, 0) is 0 Å². The van der Waals surface area contributed by atoms with Crippen LogP contribution in [0, 0.1) is 0 Å². The molecule has 0 unspecified atom stereocenters. The fourth-order valence-corrected chi connectivity index (χ4v) is 12.0. The summed E-state index contributed by atoms with van der Waals surface area (Å²) in [6.45, 7) is 0. The van der Waals surface area contributed by atoms with Crippen LogP contribution >= 0.6 is 0 Å². The highest BCUT2D eigenvalue weighted by molar-refractivity contribution is 6.25. The van der Waals surface area contributed by atoms with E-state index in [4.69, 9.17) is 0 Å². The molecule has 0 aliphatic heterocycles. The molecule has 0 aliphatic rings. The molecule has 342 valence electrons. The van der Waals surface area contributed by atoms with Crippen LogP contribution in [0.3, 0.4) is 0 Å². The summed E-state index contributed by atoms with van der Waals surface area (Å²) in [5.41, 5.74) is 14.4. The molecule has 0 N–H and O–H groups in total. The second-order valence-electron chi connectivity index (χ2n) is 20.0. The molecule has 0 heteroatoms. The predicted octanol–water partition coefficient (Wildman–Crippen LogP) is 20.9. The van der Waals surface area contributed by atoms with E-state index in [9.17, 15) is 0 Å². The van der Waals surface area contributed by atoms with E-state index in [1.165, 1.54) is 153 Å². The molecule has 0 nitrogen and oxygen atoms in total. The van der Waals surface area contributed by atoms with Crippen molar-refractivity contribution in [3.63, 3.8) is 0 Å². The fraction of sp³-hybridized carbons (Fsp3) is 0. The van der Waals surface area contributed by atoms with E-state index < -0.39 is 0 Å². The SMILES string of the molecule is c1ccc2cc(-c3cc4c(-c5ccc6ccccc6c5)c(-c5ccc6ccccc6c5)c5cc(-c6ccc7ccccc7c6)c(-c6ccc7ccccc7c6)cc5c4cc3-c3ccc4ccccc4c3)ccc2c1. The van der Waals surface area contributed by atoms with Crippen LogP contribution in [0.4, 0.5) is 0 Å². The van der Waals surface area contributed by atoms with E-state index in [2.05, 4.69) is 279 Å². The van der Waals surface area contributed by atoms with Gasteiger partial charge in [-0.2, -0.15) is 0 Å². The average molecular weight is 935 g/mol. The van der Waals surface area contributed by atoms with Gasteiger partial charge in [0.25, 0.3) is 0 Å². The minimum Gasteiger partial charge on any atom is -0.0616 e. The summed E-state index contributed by atoms with van der Waals surface area (Å²) in [6.07, 6.45) is 0. The van der Waals surface area contributed by atoms with Crippen molar-refractivity contribution in [2.75, 3.05) is 0 Å². The molecule has 15 rings (SSSR count). The first-order valence-electron chi connectivity index (χ1n) is 25.7. The van der Waals surface area contributed by atoms with Crippen molar-refractivity contribution in [3.05, 3.63) is 279 Å². The molecule has 74 heavy (non-hydrogen) atoms. The number of rotatable bonds is 6. The van der Waals surface area contributed by atoms with Crippen LogP contribution in [-0.4, -0.2) is 0 Å². The van der Waals surface area contributed by atoms with Gasteiger partial charge >= 0.3 is 0 Å². The topological polar surface area (TPSA) is 0 Å². The van der Waals surface area contributed by atoms with Gasteiger partial charge in [0.05, 0.1) is 0 Å². The Balaban J connectivity index is 1.15. The van der Waals surface area contributed by atoms with E-state index in [0.29, 0.717) is 0 Å². The summed E-state index contributed by atoms with van der Waals surface area (Å²) in [5, 5.41) is 19.6. The third-order valence-electron chi connectivity index (χ3n) is 15.7. The highest BCUT2D eigenvalue weighted by Gasteiger charge is 2.24. The van der Waals surface area contributed by atoms with Crippen LogP contribution in [0.5, 0.6) is 0 Å². The highest BCUT2D eigenvalue weighted by atomic mass is 14.3. The molecule has 0 saturated carbocycles. The van der Waals surface area contributed by atoms with Gasteiger partial charge in [-0.1, -0.05) is 218 Å². The van der Waals surface area contributed by atoms with Crippen molar-refractivity contribution in [1.82, 2.24) is 0 Å². The first kappa shape index (κ1) is 42.1. The molecular formula is C74H46. The van der Waals surface area contributed by atoms with E-state index in [0.717, 1.165) is 0 Å². The number of hydrogen-bond acceptors (Lipinski definition) is 0. The molecule has 0 heterocycles. The van der Waals surface area contributed by atoms with Crippen molar-refractivity contribution in [1.29, 1.82) is 0 Å². The van der Waals surface area contributed by atoms with Gasteiger partial charge in [0, 0.05) is 0 Å². The van der Waals surface area contributed by atoms with Gasteiger partial charge in [-0.15, -0.1) is 0 Å². The predicted molar refractivity (Wildman–Crippen MR) is 319 cm³/mol. The molecule has 0 bridgehead atoms. The van der Waals surface area contributed by atoms with Gasteiger partial charge in [-0.25, -0.2) is 0 Å². The Hall–Kier alpha value is -9.62. The van der Waals surface area contributed by atoms with Crippen molar-refractivity contribution in [2.45, 2.75) is 0 Å². The van der Waals surface area contributed by atoms with E-state index in [-0.39, 0.29) is 0 Å². The van der Waals surface area contributed by atoms with E-state index >= 15 is 0 Å². The van der Waals surface area contributed by atoms with Crippen LogP contribution < -0.4 is 0 Å². The van der Waals surface area contributed by atoms with Gasteiger partial charge < -0.3 is 0 Å². The van der Waals surface area contributed by atoms with Crippen LogP contribution in [0.1, 0.15) is 0 Å². The Morgan fingerprint density at radius 2 is 0.324 bits per heavy atom. The summed E-state index contributed by atoms with van der Waals surface area (Å²) in [7, 11) is 0. The molecule has 0 saturated heterocycles. The van der Waals surface area contributed by atoms with E-state index in [1.54, 1.807) is 0 Å². The summed E-state index contributed by atoms with van der Waals surface area (Å²) >= 11 is 0. The second-order valence-corrected chi connectivity index (χ2v) is 20.0. The Kier molecular flexibility index (Phi) is 9.68. The molecular weight excluding hydrogens is 889 g/mol. The zero-order valence-corrected chi connectivity index (χ0v) is 40.6. The van der Waals surface area contributed by atoms with Crippen LogP contribution in [0.25, 0.3) is 153 Å². The Morgan fingerprint density at radius 1 is 0.135 bits per heavy atom. The molecule has 0 aromatic heterocycles. The molecule has 15 aromatic rings. The van der Waals surface area contributed by atoms with Gasteiger partial charge in [-0.3, -0.25) is 0 Å². The lowest BCUT2D eigenvalue weighted by Crippen LogP contribution is -1.96. The van der Waals surface area contributed by atoms with Crippen LogP contribution in [0.15, 0.2) is 279 Å². The Labute approximate surface area is 429 Å². The lowest BCUT2D eigenvalue weighted by molar-refractivity contribution is 1.61. The summed E-state index contributed by atoms with van der Waals surface area (Å²) in [4.78, 5) is 0. The zero-order chi connectivity index (χ0) is 48.7. The molecule has 0 spiro atoms. The molecule has 0 amide bonds.